The highest BCUT2D eigenvalue weighted by molar-refractivity contribution is 4.92. The first kappa shape index (κ1) is 13.8. The van der Waals surface area contributed by atoms with Gasteiger partial charge in [0, 0.05) is 25.2 Å². The fraction of sp³-hybridized carbons (Fsp3) is 1.00. The smallest absolute Gasteiger partial charge is 0.0591 e. The molecule has 3 atom stereocenters. The molecule has 2 saturated carbocycles. The van der Waals surface area contributed by atoms with Crippen LogP contribution in [0.2, 0.25) is 0 Å². The minimum absolute atomic E-state index is 0.736. The maximum Gasteiger partial charge on any atom is 0.0591 e. The van der Waals surface area contributed by atoms with Gasteiger partial charge < -0.3 is 15.4 Å². The van der Waals surface area contributed by atoms with Crippen molar-refractivity contribution < 1.29 is 4.74 Å². The first-order valence-electron chi connectivity index (χ1n) is 8.48. The molecule has 0 aromatic rings. The van der Waals surface area contributed by atoms with Crippen LogP contribution < -0.4 is 10.6 Å². The van der Waals surface area contributed by atoms with Crippen LogP contribution in [0.3, 0.4) is 0 Å². The van der Waals surface area contributed by atoms with Gasteiger partial charge in [0.2, 0.25) is 0 Å². The van der Waals surface area contributed by atoms with Crippen LogP contribution in [0.25, 0.3) is 0 Å². The molecule has 0 aromatic heterocycles. The van der Waals surface area contributed by atoms with E-state index < -0.39 is 0 Å². The number of piperidine rings is 1. The Morgan fingerprint density at radius 2 is 1.95 bits per heavy atom. The Morgan fingerprint density at radius 1 is 1.00 bits per heavy atom. The second-order valence-corrected chi connectivity index (χ2v) is 6.73. The molecular formula is C16H30N2O. The number of rotatable bonds is 7. The van der Waals surface area contributed by atoms with E-state index >= 15 is 0 Å². The van der Waals surface area contributed by atoms with Gasteiger partial charge >= 0.3 is 0 Å². The topological polar surface area (TPSA) is 33.3 Å². The lowest BCUT2D eigenvalue weighted by Crippen LogP contribution is -2.47. The van der Waals surface area contributed by atoms with Crippen LogP contribution in [0.15, 0.2) is 0 Å². The van der Waals surface area contributed by atoms with E-state index in [1.165, 1.54) is 57.9 Å². The monoisotopic (exact) mass is 266 g/mol. The Labute approximate surface area is 117 Å². The highest BCUT2D eigenvalue weighted by Gasteiger charge is 2.33. The molecule has 0 bridgehead atoms. The van der Waals surface area contributed by atoms with Crippen molar-refractivity contribution in [3.8, 4) is 0 Å². The molecule has 3 rings (SSSR count). The number of hydrogen-bond donors (Lipinski definition) is 2. The Hall–Kier alpha value is -0.120. The predicted molar refractivity (Wildman–Crippen MR) is 78.3 cm³/mol. The molecule has 0 aromatic carbocycles. The van der Waals surface area contributed by atoms with Gasteiger partial charge in [0.05, 0.1) is 6.61 Å². The molecule has 3 fully saturated rings. The van der Waals surface area contributed by atoms with E-state index in [0.717, 1.165) is 43.7 Å². The molecule has 0 radical (unpaired) electrons. The van der Waals surface area contributed by atoms with Crippen LogP contribution in [0.1, 0.15) is 51.4 Å². The highest BCUT2D eigenvalue weighted by Crippen LogP contribution is 2.31. The summed E-state index contributed by atoms with van der Waals surface area (Å²) in [5.41, 5.74) is 0. The second-order valence-electron chi connectivity index (χ2n) is 6.73. The molecule has 1 aliphatic heterocycles. The average Bonchev–Trinajstić information content (AvgIpc) is 3.16. The number of hydrogen-bond acceptors (Lipinski definition) is 3. The van der Waals surface area contributed by atoms with Crippen molar-refractivity contribution >= 4 is 0 Å². The van der Waals surface area contributed by atoms with Crippen LogP contribution in [-0.2, 0) is 4.74 Å². The summed E-state index contributed by atoms with van der Waals surface area (Å²) in [7, 11) is 0. The third-order valence-corrected chi connectivity index (χ3v) is 5.14. The van der Waals surface area contributed by atoms with Crippen LogP contribution in [0, 0.1) is 11.8 Å². The molecular weight excluding hydrogens is 236 g/mol. The number of ether oxygens (including phenoxy) is 1. The molecule has 110 valence electrons. The van der Waals surface area contributed by atoms with Crippen LogP contribution >= 0.6 is 0 Å². The van der Waals surface area contributed by atoms with Gasteiger partial charge in [0.25, 0.3) is 0 Å². The molecule has 2 N–H and O–H groups in total. The lowest BCUT2D eigenvalue weighted by Gasteiger charge is -2.33. The van der Waals surface area contributed by atoms with Crippen molar-refractivity contribution in [1.29, 1.82) is 0 Å². The Balaban J connectivity index is 1.33. The summed E-state index contributed by atoms with van der Waals surface area (Å²) in [5.74, 6) is 1.76. The van der Waals surface area contributed by atoms with Crippen molar-refractivity contribution in [2.45, 2.75) is 63.5 Å². The molecule has 3 unspecified atom stereocenters. The Bertz CT molecular complexity index is 261. The van der Waals surface area contributed by atoms with Gasteiger partial charge in [-0.2, -0.15) is 0 Å². The largest absolute Gasteiger partial charge is 0.380 e. The van der Waals surface area contributed by atoms with Crippen molar-refractivity contribution in [1.82, 2.24) is 10.6 Å². The van der Waals surface area contributed by atoms with Crippen molar-refractivity contribution in [2.24, 2.45) is 11.8 Å². The Morgan fingerprint density at radius 3 is 2.74 bits per heavy atom. The molecule has 2 aliphatic carbocycles. The maximum atomic E-state index is 5.72. The molecule has 19 heavy (non-hydrogen) atoms. The fourth-order valence-electron chi connectivity index (χ4n) is 3.82. The molecule has 3 nitrogen and oxygen atoms in total. The van der Waals surface area contributed by atoms with E-state index in [0.29, 0.717) is 0 Å². The van der Waals surface area contributed by atoms with Gasteiger partial charge in [0.15, 0.2) is 0 Å². The summed E-state index contributed by atoms with van der Waals surface area (Å²) in [6.45, 7) is 4.18. The minimum Gasteiger partial charge on any atom is -0.380 e. The molecule has 0 amide bonds. The lowest BCUT2D eigenvalue weighted by atomic mass is 9.88. The average molecular weight is 266 g/mol. The lowest BCUT2D eigenvalue weighted by molar-refractivity contribution is 0.121. The molecule has 3 heteroatoms. The molecule has 0 spiro atoms. The summed E-state index contributed by atoms with van der Waals surface area (Å²) in [4.78, 5) is 0. The molecule has 3 aliphatic rings. The van der Waals surface area contributed by atoms with Gasteiger partial charge in [0.1, 0.15) is 0 Å². The van der Waals surface area contributed by atoms with Crippen LogP contribution in [0.5, 0.6) is 0 Å². The normalized spacial score (nSPS) is 35.7. The van der Waals surface area contributed by atoms with Crippen molar-refractivity contribution in [3.05, 3.63) is 0 Å². The third kappa shape index (κ3) is 4.17. The van der Waals surface area contributed by atoms with Gasteiger partial charge in [-0.1, -0.05) is 12.8 Å². The molecule has 1 saturated heterocycles. The van der Waals surface area contributed by atoms with Crippen LogP contribution in [-0.4, -0.2) is 38.4 Å². The summed E-state index contributed by atoms with van der Waals surface area (Å²) >= 11 is 0. The van der Waals surface area contributed by atoms with Crippen molar-refractivity contribution in [2.75, 3.05) is 26.3 Å². The summed E-state index contributed by atoms with van der Waals surface area (Å²) in [6.07, 6.45) is 11.2. The first-order chi connectivity index (χ1) is 9.43. The van der Waals surface area contributed by atoms with E-state index in [-0.39, 0.29) is 0 Å². The zero-order valence-corrected chi connectivity index (χ0v) is 12.2. The zero-order valence-electron chi connectivity index (χ0n) is 12.2. The first-order valence-corrected chi connectivity index (χ1v) is 8.48. The zero-order chi connectivity index (χ0) is 12.9. The fourth-order valence-corrected chi connectivity index (χ4v) is 3.82. The predicted octanol–water partition coefficient (Wildman–Crippen LogP) is 2.31. The second kappa shape index (κ2) is 7.05. The van der Waals surface area contributed by atoms with E-state index in [4.69, 9.17) is 4.74 Å². The van der Waals surface area contributed by atoms with Crippen molar-refractivity contribution in [3.63, 3.8) is 0 Å². The van der Waals surface area contributed by atoms with Gasteiger partial charge in [-0.25, -0.2) is 0 Å². The quantitative estimate of drug-likeness (QED) is 0.694. The third-order valence-electron chi connectivity index (χ3n) is 5.14. The standard InChI is InChI=1S/C16H30N2O/c1-2-9-17-15(5-1)14-4-3-6-16(14)18-10-11-19-12-13-7-8-13/h13-18H,1-12H2. The van der Waals surface area contributed by atoms with E-state index in [9.17, 15) is 0 Å². The van der Waals surface area contributed by atoms with E-state index in [1.54, 1.807) is 0 Å². The van der Waals surface area contributed by atoms with Gasteiger partial charge in [-0.05, 0) is 56.9 Å². The number of nitrogens with one attached hydrogen (secondary N) is 2. The maximum absolute atomic E-state index is 5.72. The van der Waals surface area contributed by atoms with Crippen LogP contribution in [0.4, 0.5) is 0 Å². The highest BCUT2D eigenvalue weighted by atomic mass is 16.5. The Kier molecular flexibility index (Phi) is 5.14. The van der Waals surface area contributed by atoms with Gasteiger partial charge in [-0.15, -0.1) is 0 Å². The summed E-state index contributed by atoms with van der Waals surface area (Å²) in [6, 6.07) is 1.52. The minimum atomic E-state index is 0.736. The van der Waals surface area contributed by atoms with E-state index in [2.05, 4.69) is 10.6 Å². The van der Waals surface area contributed by atoms with E-state index in [1.807, 2.05) is 0 Å². The summed E-state index contributed by atoms with van der Waals surface area (Å²) < 4.78 is 5.72. The summed E-state index contributed by atoms with van der Waals surface area (Å²) in [5, 5.41) is 7.50. The SMILES string of the molecule is C1CCC(C2CCCC2NCCOCC2CC2)NC1. The van der Waals surface area contributed by atoms with Gasteiger partial charge in [-0.3, -0.25) is 0 Å². The molecule has 1 heterocycles.